The number of hydrogen-bond acceptors (Lipinski definition) is 2. The van der Waals surface area contributed by atoms with Gasteiger partial charge in [0, 0.05) is 24.8 Å². The summed E-state index contributed by atoms with van der Waals surface area (Å²) in [5.41, 5.74) is 9.24. The molecule has 0 saturated heterocycles. The molecule has 0 radical (unpaired) electrons. The molecule has 0 unspecified atom stereocenters. The van der Waals surface area contributed by atoms with E-state index >= 15 is 0 Å². The molecule has 1 heterocycles. The van der Waals surface area contributed by atoms with E-state index in [9.17, 15) is 0 Å². The highest BCUT2D eigenvalue weighted by Gasteiger charge is 2.07. The van der Waals surface area contributed by atoms with Crippen LogP contribution in [0, 0.1) is 0 Å². The quantitative estimate of drug-likeness (QED) is 0.880. The van der Waals surface area contributed by atoms with Crippen molar-refractivity contribution in [1.82, 2.24) is 4.57 Å². The minimum Gasteiger partial charge on any atom is -0.373 e. The lowest BCUT2D eigenvalue weighted by Gasteiger charge is -2.08. The number of nitrogens with zero attached hydrogens (tertiary/aromatic N) is 1. The maximum Gasteiger partial charge on any atom is 0.0871 e. The van der Waals surface area contributed by atoms with Crippen molar-refractivity contribution in [3.63, 3.8) is 0 Å². The Kier molecular flexibility index (Phi) is 3.50. The van der Waals surface area contributed by atoms with Crippen molar-refractivity contribution in [3.8, 4) is 0 Å². The lowest BCUT2D eigenvalue weighted by molar-refractivity contribution is 0.0624. The maximum atomic E-state index is 5.66. The summed E-state index contributed by atoms with van der Waals surface area (Å²) in [5, 5.41) is 1.24. The largest absolute Gasteiger partial charge is 0.373 e. The van der Waals surface area contributed by atoms with Crippen LogP contribution in [0.25, 0.3) is 10.9 Å². The van der Waals surface area contributed by atoms with Gasteiger partial charge in [-0.2, -0.15) is 0 Å². The Morgan fingerprint density at radius 3 is 2.71 bits per heavy atom. The molecule has 0 bridgehead atoms. The topological polar surface area (TPSA) is 40.2 Å². The van der Waals surface area contributed by atoms with E-state index in [1.54, 1.807) is 0 Å². The molecule has 0 saturated carbocycles. The average Bonchev–Trinajstić information content (AvgIpc) is 2.63. The monoisotopic (exact) mass is 232 g/mol. The number of hydrogen-bond donors (Lipinski definition) is 1. The molecule has 1 aromatic heterocycles. The summed E-state index contributed by atoms with van der Waals surface area (Å²) in [7, 11) is 2.07. The molecule has 0 aliphatic heterocycles. The van der Waals surface area contributed by atoms with Crippen molar-refractivity contribution in [2.45, 2.75) is 33.1 Å². The molecule has 17 heavy (non-hydrogen) atoms. The molecular weight excluding hydrogens is 212 g/mol. The molecule has 2 aromatic rings. The van der Waals surface area contributed by atoms with Crippen LogP contribution in [0.15, 0.2) is 24.3 Å². The van der Waals surface area contributed by atoms with Crippen LogP contribution in [-0.2, 0) is 24.9 Å². The summed E-state index contributed by atoms with van der Waals surface area (Å²) in [6, 6.07) is 8.53. The van der Waals surface area contributed by atoms with Gasteiger partial charge in [-0.3, -0.25) is 0 Å². The Bertz CT molecular complexity index is 514. The van der Waals surface area contributed by atoms with E-state index in [1.165, 1.54) is 16.6 Å². The second-order valence-corrected chi connectivity index (χ2v) is 4.65. The highest BCUT2D eigenvalue weighted by molar-refractivity contribution is 5.82. The Hall–Kier alpha value is -1.32. The third-order valence-corrected chi connectivity index (χ3v) is 3.01. The van der Waals surface area contributed by atoms with Crippen molar-refractivity contribution >= 4 is 10.9 Å². The molecule has 0 aliphatic rings. The van der Waals surface area contributed by atoms with Gasteiger partial charge in [-0.15, -0.1) is 0 Å². The number of aromatic nitrogens is 1. The first kappa shape index (κ1) is 12.1. The molecular formula is C14H20N2O. The molecule has 0 atom stereocenters. The SMILES string of the molecule is CC(C)OCc1cc2ccc(CN)cc2n1C. The Morgan fingerprint density at radius 1 is 1.29 bits per heavy atom. The van der Waals surface area contributed by atoms with E-state index in [-0.39, 0.29) is 6.10 Å². The second kappa shape index (κ2) is 4.90. The van der Waals surface area contributed by atoms with Gasteiger partial charge in [0.25, 0.3) is 0 Å². The van der Waals surface area contributed by atoms with E-state index in [0.717, 1.165) is 5.56 Å². The van der Waals surface area contributed by atoms with Gasteiger partial charge in [0.15, 0.2) is 0 Å². The minimum atomic E-state index is 0.257. The number of nitrogens with two attached hydrogens (primary N) is 1. The first-order chi connectivity index (χ1) is 8.11. The molecule has 2 N–H and O–H groups in total. The number of ether oxygens (including phenoxy) is 1. The van der Waals surface area contributed by atoms with Crippen LogP contribution in [-0.4, -0.2) is 10.7 Å². The van der Waals surface area contributed by atoms with Gasteiger partial charge in [0.1, 0.15) is 0 Å². The van der Waals surface area contributed by atoms with Crippen LogP contribution in [0.2, 0.25) is 0 Å². The summed E-state index contributed by atoms with van der Waals surface area (Å²) >= 11 is 0. The van der Waals surface area contributed by atoms with Gasteiger partial charge >= 0.3 is 0 Å². The summed E-state index contributed by atoms with van der Waals surface area (Å²) < 4.78 is 7.83. The smallest absolute Gasteiger partial charge is 0.0871 e. The summed E-state index contributed by atoms with van der Waals surface area (Å²) in [6.07, 6.45) is 0.257. The zero-order valence-corrected chi connectivity index (χ0v) is 10.7. The zero-order valence-electron chi connectivity index (χ0n) is 10.7. The van der Waals surface area contributed by atoms with Gasteiger partial charge in [0.05, 0.1) is 12.7 Å². The lowest BCUT2D eigenvalue weighted by Crippen LogP contribution is -2.05. The minimum absolute atomic E-state index is 0.257. The van der Waals surface area contributed by atoms with Crippen molar-refractivity contribution < 1.29 is 4.74 Å². The summed E-state index contributed by atoms with van der Waals surface area (Å²) in [5.74, 6) is 0. The molecule has 0 amide bonds. The fourth-order valence-corrected chi connectivity index (χ4v) is 1.95. The van der Waals surface area contributed by atoms with Gasteiger partial charge in [-0.1, -0.05) is 12.1 Å². The molecule has 2 rings (SSSR count). The molecule has 0 fully saturated rings. The normalized spacial score (nSPS) is 11.6. The van der Waals surface area contributed by atoms with Crippen molar-refractivity contribution in [1.29, 1.82) is 0 Å². The molecule has 92 valence electrons. The molecule has 0 spiro atoms. The average molecular weight is 232 g/mol. The van der Waals surface area contributed by atoms with E-state index in [4.69, 9.17) is 10.5 Å². The third kappa shape index (κ3) is 2.51. The van der Waals surface area contributed by atoms with E-state index in [0.29, 0.717) is 13.2 Å². The van der Waals surface area contributed by atoms with Crippen molar-refractivity contribution in [3.05, 3.63) is 35.5 Å². The van der Waals surface area contributed by atoms with Crippen molar-refractivity contribution in [2.75, 3.05) is 0 Å². The van der Waals surface area contributed by atoms with Crippen LogP contribution >= 0.6 is 0 Å². The van der Waals surface area contributed by atoms with Gasteiger partial charge in [-0.25, -0.2) is 0 Å². The predicted molar refractivity (Wildman–Crippen MR) is 70.7 cm³/mol. The fourth-order valence-electron chi connectivity index (χ4n) is 1.95. The number of benzene rings is 1. The summed E-state index contributed by atoms with van der Waals surface area (Å²) in [6.45, 7) is 5.34. The van der Waals surface area contributed by atoms with Crippen LogP contribution in [0.5, 0.6) is 0 Å². The van der Waals surface area contributed by atoms with Crippen LogP contribution < -0.4 is 5.73 Å². The Labute approximate surface area is 102 Å². The predicted octanol–water partition coefficient (Wildman–Crippen LogP) is 2.56. The molecule has 3 heteroatoms. The van der Waals surface area contributed by atoms with Crippen LogP contribution in [0.1, 0.15) is 25.1 Å². The highest BCUT2D eigenvalue weighted by Crippen LogP contribution is 2.21. The first-order valence-corrected chi connectivity index (χ1v) is 6.00. The fraction of sp³-hybridized carbons (Fsp3) is 0.429. The van der Waals surface area contributed by atoms with Crippen LogP contribution in [0.3, 0.4) is 0 Å². The Balaban J connectivity index is 2.35. The molecule has 0 aliphatic carbocycles. The zero-order chi connectivity index (χ0) is 12.4. The standard InChI is InChI=1S/C14H20N2O/c1-10(2)17-9-13-7-12-5-4-11(8-15)6-14(12)16(13)3/h4-7,10H,8-9,15H2,1-3H3. The second-order valence-electron chi connectivity index (χ2n) is 4.65. The van der Waals surface area contributed by atoms with E-state index in [1.807, 2.05) is 0 Å². The Morgan fingerprint density at radius 2 is 2.06 bits per heavy atom. The molecule has 3 nitrogen and oxygen atoms in total. The van der Waals surface area contributed by atoms with E-state index in [2.05, 4.69) is 49.7 Å². The number of rotatable bonds is 4. The maximum absolute atomic E-state index is 5.66. The summed E-state index contributed by atoms with van der Waals surface area (Å²) in [4.78, 5) is 0. The van der Waals surface area contributed by atoms with Crippen LogP contribution in [0.4, 0.5) is 0 Å². The van der Waals surface area contributed by atoms with Gasteiger partial charge in [0.2, 0.25) is 0 Å². The van der Waals surface area contributed by atoms with E-state index < -0.39 is 0 Å². The first-order valence-electron chi connectivity index (χ1n) is 6.00. The highest BCUT2D eigenvalue weighted by atomic mass is 16.5. The third-order valence-electron chi connectivity index (χ3n) is 3.01. The molecule has 1 aromatic carbocycles. The van der Waals surface area contributed by atoms with Gasteiger partial charge in [-0.05, 0) is 36.9 Å². The van der Waals surface area contributed by atoms with Gasteiger partial charge < -0.3 is 15.0 Å². The number of aryl methyl sites for hydroxylation is 1. The number of fused-ring (bicyclic) bond motifs is 1. The van der Waals surface area contributed by atoms with Crippen molar-refractivity contribution in [2.24, 2.45) is 12.8 Å². The lowest BCUT2D eigenvalue weighted by atomic mass is 10.1.